The highest BCUT2D eigenvalue weighted by molar-refractivity contribution is 9.10. The van der Waals surface area contributed by atoms with Crippen LogP contribution in [0.2, 0.25) is 0 Å². The monoisotopic (exact) mass is 297 g/mol. The molecule has 0 amide bonds. The third-order valence-electron chi connectivity index (χ3n) is 3.46. The largest absolute Gasteiger partial charge is 0.493 e. The lowest BCUT2D eigenvalue weighted by Crippen LogP contribution is -2.15. The van der Waals surface area contributed by atoms with Crippen LogP contribution < -0.4 is 15.2 Å². The first-order valence-electron chi connectivity index (χ1n) is 6.14. The molecule has 3 nitrogen and oxygen atoms in total. The topological polar surface area (TPSA) is 44.5 Å². The fraction of sp³-hybridized carbons (Fsp3) is 0.538. The van der Waals surface area contributed by atoms with Gasteiger partial charge in [0.25, 0.3) is 0 Å². The molecule has 2 aliphatic rings. The highest BCUT2D eigenvalue weighted by Crippen LogP contribution is 2.46. The van der Waals surface area contributed by atoms with Crippen molar-refractivity contribution in [1.29, 1.82) is 0 Å². The van der Waals surface area contributed by atoms with E-state index in [0.717, 1.165) is 54.9 Å². The van der Waals surface area contributed by atoms with E-state index in [1.807, 2.05) is 0 Å². The summed E-state index contributed by atoms with van der Waals surface area (Å²) < 4.78 is 12.7. The van der Waals surface area contributed by atoms with Gasteiger partial charge in [-0.25, -0.2) is 0 Å². The molecule has 2 N–H and O–H groups in total. The normalized spacial score (nSPS) is 17.1. The average molecular weight is 298 g/mol. The Balaban J connectivity index is 2.21. The van der Waals surface area contributed by atoms with Gasteiger partial charge in [-0.15, -0.1) is 0 Å². The molecule has 0 aromatic heterocycles. The minimum atomic E-state index is 0.657. The Morgan fingerprint density at radius 1 is 1.06 bits per heavy atom. The molecule has 1 aromatic carbocycles. The lowest BCUT2D eigenvalue weighted by atomic mass is 9.94. The first-order chi connectivity index (χ1) is 8.33. The Labute approximate surface area is 109 Å². The van der Waals surface area contributed by atoms with E-state index in [9.17, 15) is 0 Å². The van der Waals surface area contributed by atoms with Crippen molar-refractivity contribution < 1.29 is 9.47 Å². The molecule has 92 valence electrons. The van der Waals surface area contributed by atoms with Crippen molar-refractivity contribution in [3.63, 3.8) is 0 Å². The molecule has 0 atom stereocenters. The summed E-state index contributed by atoms with van der Waals surface area (Å²) in [6.07, 6.45) is 3.98. The number of halogens is 1. The van der Waals surface area contributed by atoms with Crippen molar-refractivity contribution in [2.24, 2.45) is 5.73 Å². The molecule has 2 heterocycles. The van der Waals surface area contributed by atoms with Gasteiger partial charge >= 0.3 is 0 Å². The molecule has 17 heavy (non-hydrogen) atoms. The molecule has 0 unspecified atom stereocenters. The van der Waals surface area contributed by atoms with Crippen molar-refractivity contribution >= 4 is 15.9 Å². The second kappa shape index (κ2) is 4.50. The molecule has 1 aromatic rings. The number of hydrogen-bond donors (Lipinski definition) is 1. The third-order valence-corrected chi connectivity index (χ3v) is 4.30. The van der Waals surface area contributed by atoms with E-state index in [1.165, 1.54) is 16.7 Å². The summed E-state index contributed by atoms with van der Waals surface area (Å²) in [5.41, 5.74) is 9.55. The van der Waals surface area contributed by atoms with Crippen LogP contribution in [0.5, 0.6) is 11.5 Å². The van der Waals surface area contributed by atoms with Gasteiger partial charge in [0, 0.05) is 23.1 Å². The van der Waals surface area contributed by atoms with Gasteiger partial charge in [0.15, 0.2) is 0 Å². The lowest BCUT2D eigenvalue weighted by molar-refractivity contribution is 0.283. The molecular weight excluding hydrogens is 282 g/mol. The molecule has 0 spiro atoms. The maximum Gasteiger partial charge on any atom is 0.137 e. The van der Waals surface area contributed by atoms with Crippen LogP contribution in [0.25, 0.3) is 0 Å². The summed E-state index contributed by atoms with van der Waals surface area (Å²) in [7, 11) is 0. The summed E-state index contributed by atoms with van der Waals surface area (Å²) in [6, 6.07) is 0. The Kier molecular flexibility index (Phi) is 3.01. The van der Waals surface area contributed by atoms with Crippen molar-refractivity contribution in [3.05, 3.63) is 21.2 Å². The SMILES string of the molecule is NCCc1c2c(c(Br)c3c1OCCC3)OCC2. The van der Waals surface area contributed by atoms with E-state index in [0.29, 0.717) is 6.54 Å². The van der Waals surface area contributed by atoms with E-state index in [-0.39, 0.29) is 0 Å². The van der Waals surface area contributed by atoms with E-state index >= 15 is 0 Å². The molecule has 3 rings (SSSR count). The summed E-state index contributed by atoms with van der Waals surface area (Å²) >= 11 is 3.67. The highest BCUT2D eigenvalue weighted by atomic mass is 79.9. The summed E-state index contributed by atoms with van der Waals surface area (Å²) in [5, 5.41) is 0. The Morgan fingerprint density at radius 2 is 1.88 bits per heavy atom. The van der Waals surface area contributed by atoms with Gasteiger partial charge in [0.2, 0.25) is 0 Å². The van der Waals surface area contributed by atoms with Gasteiger partial charge in [-0.2, -0.15) is 0 Å². The standard InChI is InChI=1S/C13H16BrNO2/c14-11-10-2-1-6-16-12(10)8(3-5-15)9-4-7-17-13(9)11/h1-7,15H2. The van der Waals surface area contributed by atoms with Crippen molar-refractivity contribution in [2.45, 2.75) is 25.7 Å². The average Bonchev–Trinajstić information content (AvgIpc) is 2.84. The minimum Gasteiger partial charge on any atom is -0.493 e. The van der Waals surface area contributed by atoms with Crippen LogP contribution in [0.15, 0.2) is 4.47 Å². The van der Waals surface area contributed by atoms with Crippen LogP contribution >= 0.6 is 15.9 Å². The molecule has 0 aliphatic carbocycles. The molecule has 0 bridgehead atoms. The fourth-order valence-electron chi connectivity index (χ4n) is 2.72. The van der Waals surface area contributed by atoms with Crippen LogP contribution in [-0.2, 0) is 19.3 Å². The maximum absolute atomic E-state index is 5.87. The van der Waals surface area contributed by atoms with Gasteiger partial charge in [-0.3, -0.25) is 0 Å². The Morgan fingerprint density at radius 3 is 2.71 bits per heavy atom. The maximum atomic E-state index is 5.87. The Bertz CT molecular complexity index is 459. The summed E-state index contributed by atoms with van der Waals surface area (Å²) in [6.45, 7) is 2.24. The number of fused-ring (bicyclic) bond motifs is 2. The number of rotatable bonds is 2. The summed E-state index contributed by atoms with van der Waals surface area (Å²) in [5.74, 6) is 2.09. The van der Waals surface area contributed by atoms with E-state index in [1.54, 1.807) is 0 Å². The number of benzene rings is 1. The smallest absolute Gasteiger partial charge is 0.137 e. The van der Waals surface area contributed by atoms with Crippen LogP contribution in [0, 0.1) is 0 Å². The van der Waals surface area contributed by atoms with Crippen LogP contribution in [0.4, 0.5) is 0 Å². The van der Waals surface area contributed by atoms with Gasteiger partial charge in [-0.05, 0) is 41.7 Å². The van der Waals surface area contributed by atoms with Gasteiger partial charge < -0.3 is 15.2 Å². The van der Waals surface area contributed by atoms with E-state index in [4.69, 9.17) is 15.2 Å². The molecule has 0 fully saturated rings. The quantitative estimate of drug-likeness (QED) is 0.910. The van der Waals surface area contributed by atoms with Crippen molar-refractivity contribution in [2.75, 3.05) is 19.8 Å². The second-order valence-corrected chi connectivity index (χ2v) is 5.29. The van der Waals surface area contributed by atoms with Gasteiger partial charge in [0.1, 0.15) is 11.5 Å². The predicted molar refractivity (Wildman–Crippen MR) is 69.9 cm³/mol. The van der Waals surface area contributed by atoms with Crippen LogP contribution in [-0.4, -0.2) is 19.8 Å². The third kappa shape index (κ3) is 1.74. The second-order valence-electron chi connectivity index (χ2n) is 4.50. The molecule has 0 saturated heterocycles. The van der Waals surface area contributed by atoms with Crippen LogP contribution in [0.3, 0.4) is 0 Å². The minimum absolute atomic E-state index is 0.657. The highest BCUT2D eigenvalue weighted by Gasteiger charge is 2.28. The van der Waals surface area contributed by atoms with Gasteiger partial charge in [-0.1, -0.05) is 0 Å². The zero-order valence-corrected chi connectivity index (χ0v) is 11.3. The summed E-state index contributed by atoms with van der Waals surface area (Å²) in [4.78, 5) is 0. The number of hydrogen-bond acceptors (Lipinski definition) is 3. The first kappa shape index (κ1) is 11.4. The zero-order valence-electron chi connectivity index (χ0n) is 9.72. The van der Waals surface area contributed by atoms with E-state index < -0.39 is 0 Å². The molecule has 4 heteroatoms. The van der Waals surface area contributed by atoms with Crippen LogP contribution in [0.1, 0.15) is 23.1 Å². The predicted octanol–water partition coefficient (Wildman–Crippen LogP) is 2.21. The first-order valence-corrected chi connectivity index (χ1v) is 6.94. The lowest BCUT2D eigenvalue weighted by Gasteiger charge is -2.24. The van der Waals surface area contributed by atoms with Crippen molar-refractivity contribution in [3.8, 4) is 11.5 Å². The van der Waals surface area contributed by atoms with Crippen molar-refractivity contribution in [1.82, 2.24) is 0 Å². The molecule has 0 saturated carbocycles. The molecular formula is C13H16BrNO2. The van der Waals surface area contributed by atoms with Gasteiger partial charge in [0.05, 0.1) is 17.7 Å². The Hall–Kier alpha value is -0.740. The number of ether oxygens (including phenoxy) is 2. The molecule has 2 aliphatic heterocycles. The fourth-order valence-corrected chi connectivity index (χ4v) is 3.46. The molecule has 0 radical (unpaired) electrons. The van der Waals surface area contributed by atoms with E-state index in [2.05, 4.69) is 15.9 Å². The number of nitrogens with two attached hydrogens (primary N) is 1. The zero-order chi connectivity index (χ0) is 11.8.